The molecule has 0 spiro atoms. The van der Waals surface area contributed by atoms with Crippen molar-refractivity contribution in [2.45, 2.75) is 52.4 Å². The van der Waals surface area contributed by atoms with Crippen molar-refractivity contribution in [2.24, 2.45) is 0 Å². The highest BCUT2D eigenvalue weighted by molar-refractivity contribution is 7.20. The molecule has 6 heteroatoms. The van der Waals surface area contributed by atoms with E-state index in [-0.39, 0.29) is 50.1 Å². The highest BCUT2D eigenvalue weighted by atomic mass is 28.3. The summed E-state index contributed by atoms with van der Waals surface area (Å²) in [6.45, 7) is 11.9. The number of nitrogens with zero attached hydrogens (tertiary/aromatic N) is 4. The summed E-state index contributed by atoms with van der Waals surface area (Å²) in [7, 11) is -6.50. The zero-order valence-corrected chi connectivity index (χ0v) is 48.2. The van der Waals surface area contributed by atoms with Gasteiger partial charge in [0, 0.05) is 45.8 Å². The molecule has 0 saturated carbocycles. The van der Waals surface area contributed by atoms with Crippen LogP contribution in [0.3, 0.4) is 0 Å². The van der Waals surface area contributed by atoms with Crippen molar-refractivity contribution in [1.29, 1.82) is 0 Å². The number of ether oxygens (including phenoxy) is 1. The summed E-state index contributed by atoms with van der Waals surface area (Å²) in [4.78, 5) is 4.86. The Morgan fingerprint density at radius 1 is 0.453 bits per heavy atom. The third kappa shape index (κ3) is 8.73. The number of hydrogen-bond acceptors (Lipinski definition) is 2. The second-order valence-corrected chi connectivity index (χ2v) is 26.5. The average Bonchev–Trinajstić information content (AvgIpc) is 1.45. The molecule has 15 rings (SSSR count). The number of aromatic nitrogens is 4. The molecule has 0 bridgehead atoms. The molecule has 0 aliphatic carbocycles. The van der Waals surface area contributed by atoms with E-state index in [1.807, 2.05) is 69.3 Å². The van der Waals surface area contributed by atoms with Crippen molar-refractivity contribution in [3.05, 3.63) is 296 Å². The molecule has 0 radical (unpaired) electrons. The fourth-order valence-corrected chi connectivity index (χ4v) is 15.4. The maximum absolute atomic E-state index is 11.4. The van der Waals surface area contributed by atoms with Crippen LogP contribution < -0.4 is 30.1 Å². The minimum Gasteiger partial charge on any atom is -0.457 e. The number of imidazole rings is 1. The van der Waals surface area contributed by atoms with Gasteiger partial charge in [0.15, 0.2) is 19.1 Å². The summed E-state index contributed by atoms with van der Waals surface area (Å²) in [6, 6.07) is 4.35. The first-order valence-electron chi connectivity index (χ1n) is 41.2. The van der Waals surface area contributed by atoms with Crippen molar-refractivity contribution in [3.63, 3.8) is 0 Å². The molecule has 0 atom stereocenters. The largest absolute Gasteiger partial charge is 0.457 e. The summed E-state index contributed by atoms with van der Waals surface area (Å²) in [5, 5.41) is -2.36. The van der Waals surface area contributed by atoms with Crippen molar-refractivity contribution < 1.29 is 46.3 Å². The van der Waals surface area contributed by atoms with Crippen LogP contribution in [0.5, 0.6) is 11.5 Å². The van der Waals surface area contributed by atoms with E-state index in [1.54, 1.807) is 58.1 Å². The van der Waals surface area contributed by atoms with E-state index in [2.05, 4.69) is 31.4 Å². The second kappa shape index (κ2) is 20.6. The van der Waals surface area contributed by atoms with Gasteiger partial charge in [0.2, 0.25) is 0 Å². The summed E-state index contributed by atoms with van der Waals surface area (Å²) in [6.07, 6.45) is 3.38. The van der Waals surface area contributed by atoms with Gasteiger partial charge in [-0.1, -0.05) is 247 Å². The Bertz CT molecular complexity index is 6330. The normalized spacial score (nSPS) is 16.7. The lowest BCUT2D eigenvalue weighted by molar-refractivity contribution is -0.567. The molecule has 11 aromatic carbocycles. The van der Waals surface area contributed by atoms with E-state index in [0.29, 0.717) is 22.8 Å². The molecule has 0 unspecified atom stereocenters. The molecule has 5 nitrogen and oxygen atoms in total. The molecular weight excluding hydrogens is 1060 g/mol. The Morgan fingerprint density at radius 3 is 1.76 bits per heavy atom. The Labute approximate surface area is 542 Å². The van der Waals surface area contributed by atoms with E-state index >= 15 is 0 Å². The molecule has 14 aromatic rings. The summed E-state index contributed by atoms with van der Waals surface area (Å²) in [5.41, 5.74) is -0.614. The van der Waals surface area contributed by atoms with Crippen LogP contribution in [0.4, 0.5) is 0 Å². The number of rotatable bonds is 9. The molecule has 1 aliphatic rings. The van der Waals surface area contributed by atoms with Gasteiger partial charge in [-0.15, -0.1) is 0 Å². The predicted molar refractivity (Wildman–Crippen MR) is 360 cm³/mol. The van der Waals surface area contributed by atoms with E-state index in [0.717, 1.165) is 27.4 Å². The van der Waals surface area contributed by atoms with Gasteiger partial charge in [0.1, 0.15) is 28.7 Å². The van der Waals surface area contributed by atoms with Gasteiger partial charge >= 0.3 is 0 Å². The van der Waals surface area contributed by atoms with Crippen molar-refractivity contribution in [3.8, 4) is 73.2 Å². The van der Waals surface area contributed by atoms with Crippen LogP contribution in [-0.4, -0.2) is 22.2 Å². The fourth-order valence-electron chi connectivity index (χ4n) is 11.9. The molecule has 0 N–H and O–H groups in total. The first kappa shape index (κ1) is 31.1. The molecule has 3 aromatic heterocycles. The van der Waals surface area contributed by atoms with Gasteiger partial charge in [-0.2, -0.15) is 9.13 Å². The minimum atomic E-state index is -6.50. The Hall–Kier alpha value is -10.1. The molecule has 4 heterocycles. The lowest BCUT2D eigenvalue weighted by Gasteiger charge is -2.35. The third-order valence-corrected chi connectivity index (χ3v) is 19.8. The van der Waals surface area contributed by atoms with Crippen LogP contribution in [0.15, 0.2) is 285 Å². The monoisotopic (exact) mass is 1150 g/mol. The predicted octanol–water partition coefficient (Wildman–Crippen LogP) is 17.1. The highest BCUT2D eigenvalue weighted by Gasteiger charge is 2.43. The molecule has 86 heavy (non-hydrogen) atoms. The topological polar surface area (TPSA) is 35.9 Å². The number of pyridine rings is 1. The average molecular weight is 1150 g/mol. The first-order chi connectivity index (χ1) is 53.1. The van der Waals surface area contributed by atoms with Crippen molar-refractivity contribution >= 4 is 61.7 Å². The minimum absolute atomic E-state index is 0.0670. The summed E-state index contributed by atoms with van der Waals surface area (Å²) in [5.74, 6) is 1.33. The Kier molecular flexibility index (Phi) is 7.45. The number of hydrogen-bond donors (Lipinski definition) is 0. The Morgan fingerprint density at radius 2 is 1.07 bits per heavy atom. The van der Waals surface area contributed by atoms with Crippen LogP contribution in [0, 0.1) is 0 Å². The quantitative estimate of drug-likeness (QED) is 0.0820. The summed E-state index contributed by atoms with van der Waals surface area (Å²) >= 11 is 0. The molecule has 414 valence electrons. The lowest BCUT2D eigenvalue weighted by atomic mass is 9.82. The van der Waals surface area contributed by atoms with E-state index in [1.165, 1.54) is 18.2 Å². The standard InChI is InChI=1S/C80H65N4OSi/c1-79(2,3)56-45-46-81-76(49-56)84-73-40-22-21-37-67(73)68-43-41-59(51-74(68)84)85-58-28-23-27-57(50-58)82-53-83-77-69(38-24-39-72(77)80(4,5)6)70-52-63(86(60-29-13-8-14-30-60,61-31-15-9-16-32-61)62-33-17-10-18-34-62)42-44-66(70)64-35-19-20-36-65(64)71-47-55(48-75(82)78(71)83)54-25-11-7-12-26-54/h7-53H,1-6H3/q+1/i7D,8D,9D,10D,11D,12D,13D,14D,15D,16D,17D,18D,19D,20D,25D,26D,29D,30D,31D,32D,33D,34D,35D,36D,42D,44D,52D. The molecule has 0 amide bonds. The molecule has 1 aliphatic heterocycles. The molecule has 0 fully saturated rings. The second-order valence-electron chi connectivity index (χ2n) is 23.0. The van der Waals surface area contributed by atoms with Crippen molar-refractivity contribution in [2.75, 3.05) is 0 Å². The van der Waals surface area contributed by atoms with Gasteiger partial charge in [0.05, 0.1) is 48.0 Å². The maximum Gasteiger partial charge on any atom is 0.255 e. The zero-order valence-electron chi connectivity index (χ0n) is 74.2. The highest BCUT2D eigenvalue weighted by Crippen LogP contribution is 2.47. The van der Waals surface area contributed by atoms with Gasteiger partial charge in [-0.3, -0.25) is 4.57 Å². The van der Waals surface area contributed by atoms with Gasteiger partial charge in [0.25, 0.3) is 6.33 Å². The van der Waals surface area contributed by atoms with E-state index < -0.39 is 220 Å². The van der Waals surface area contributed by atoms with E-state index in [4.69, 9.17) is 17.9 Å². The fraction of sp³-hybridized carbons (Fsp3) is 0.100. The lowest BCUT2D eigenvalue weighted by Crippen LogP contribution is -2.74. The van der Waals surface area contributed by atoms with Crippen LogP contribution in [-0.2, 0) is 10.8 Å². The van der Waals surface area contributed by atoms with Crippen LogP contribution in [0.2, 0.25) is 0 Å². The number of benzene rings is 11. The molecule has 0 saturated heterocycles. The Balaban J connectivity index is 1.13. The van der Waals surface area contributed by atoms with Crippen LogP contribution in [0.1, 0.15) is 89.7 Å². The maximum atomic E-state index is 11.4. The summed E-state index contributed by atoms with van der Waals surface area (Å²) < 4.78 is 273. The van der Waals surface area contributed by atoms with Gasteiger partial charge in [-0.05, 0) is 125 Å². The zero-order chi connectivity index (χ0) is 81.8. The van der Waals surface area contributed by atoms with E-state index in [9.17, 15) is 28.8 Å². The SMILES string of the molecule is [2H]c1c([2H])c([2H])c(-c2cc3c4c(c2)n(-c2cccc(Oc5ccc6c7ccccc7n(-c7cc(C(C)(C)C)ccn7)c6c5)c2)c[n+]4-c2c(cccc2C(C)(C)C)-c2c([2H])c([Si](c4c([2H])c([2H])c([2H])c([2H])c4[2H])(c4c([2H])c([2H])c([2H])c([2H])c4[2H])c4c([2H])c([2H])c([2H])c([2H])c4[2H])c([2H])c([2H])c2-c2c([2H])c([2H])c([2H])c([2H])c2-3)c([2H])c1[2H]. The third-order valence-electron chi connectivity index (χ3n) is 15.8. The van der Waals surface area contributed by atoms with Crippen molar-refractivity contribution in [1.82, 2.24) is 14.1 Å². The van der Waals surface area contributed by atoms with Gasteiger partial charge < -0.3 is 4.74 Å². The van der Waals surface area contributed by atoms with Crippen LogP contribution in [0.25, 0.3) is 94.5 Å². The first-order valence-corrected chi connectivity index (χ1v) is 29.7. The molecular formula is C80H65N4OSi+. The van der Waals surface area contributed by atoms with Crippen LogP contribution >= 0.6 is 0 Å². The van der Waals surface area contributed by atoms with Gasteiger partial charge in [-0.25, -0.2) is 4.98 Å². The smallest absolute Gasteiger partial charge is 0.255 e. The number of para-hydroxylation sites is 2. The number of fused-ring (bicyclic) bond motifs is 10.